The Morgan fingerprint density at radius 1 is 0.970 bits per heavy atom. The fraction of sp³-hybridized carbons (Fsp3) is 0.640. The summed E-state index contributed by atoms with van der Waals surface area (Å²) in [6.07, 6.45) is 1.84. The van der Waals surface area contributed by atoms with Gasteiger partial charge < -0.3 is 20.7 Å². The van der Waals surface area contributed by atoms with Crippen molar-refractivity contribution in [2.24, 2.45) is 17.8 Å². The van der Waals surface area contributed by atoms with Crippen LogP contribution in [0.2, 0.25) is 5.02 Å². The third-order valence-corrected chi connectivity index (χ3v) is 6.09. The Morgan fingerprint density at radius 3 is 2.24 bits per heavy atom. The van der Waals surface area contributed by atoms with Crippen LogP contribution in [0.3, 0.4) is 0 Å². The molecule has 184 valence electrons. The SMILES string of the molecule is CC[C@H](C)[C@@H]1NC(=O)[C@H](CC(C)C)NC(=O)c2cc(Cl)ccc2OC[C@H](CC(C)C)NC1=O. The second kappa shape index (κ2) is 12.3. The summed E-state index contributed by atoms with van der Waals surface area (Å²) in [5, 5.41) is 9.21. The van der Waals surface area contributed by atoms with Crippen LogP contribution < -0.4 is 20.7 Å². The molecule has 3 N–H and O–H groups in total. The molecule has 1 aromatic carbocycles. The highest BCUT2D eigenvalue weighted by Crippen LogP contribution is 2.24. The van der Waals surface area contributed by atoms with E-state index in [1.807, 2.05) is 27.7 Å². The topological polar surface area (TPSA) is 96.5 Å². The van der Waals surface area contributed by atoms with E-state index in [-0.39, 0.29) is 41.9 Å². The van der Waals surface area contributed by atoms with E-state index >= 15 is 0 Å². The summed E-state index contributed by atoms with van der Waals surface area (Å²) in [7, 11) is 0. The van der Waals surface area contributed by atoms with Crippen LogP contribution in [0.25, 0.3) is 0 Å². The number of ether oxygens (including phenoxy) is 1. The van der Waals surface area contributed by atoms with Gasteiger partial charge in [0.2, 0.25) is 11.8 Å². The number of nitrogens with one attached hydrogen (secondary N) is 3. The van der Waals surface area contributed by atoms with Gasteiger partial charge in [-0.05, 0) is 48.8 Å². The average molecular weight is 480 g/mol. The summed E-state index contributed by atoms with van der Waals surface area (Å²) in [5.41, 5.74) is 0.261. The Hall–Kier alpha value is -2.28. The molecule has 0 aliphatic carbocycles. The highest BCUT2D eigenvalue weighted by atomic mass is 35.5. The fourth-order valence-corrected chi connectivity index (χ4v) is 4.09. The summed E-state index contributed by atoms with van der Waals surface area (Å²) < 4.78 is 6.01. The smallest absolute Gasteiger partial charge is 0.255 e. The number of amides is 3. The normalized spacial score (nSPS) is 23.3. The van der Waals surface area contributed by atoms with Gasteiger partial charge in [-0.3, -0.25) is 14.4 Å². The van der Waals surface area contributed by atoms with E-state index in [9.17, 15) is 14.4 Å². The Morgan fingerprint density at radius 2 is 1.64 bits per heavy atom. The van der Waals surface area contributed by atoms with Gasteiger partial charge in [0.1, 0.15) is 24.4 Å². The number of hydrogen-bond acceptors (Lipinski definition) is 4. The Balaban J connectivity index is 2.49. The van der Waals surface area contributed by atoms with E-state index in [0.717, 1.165) is 6.42 Å². The van der Waals surface area contributed by atoms with Crippen molar-refractivity contribution in [3.05, 3.63) is 28.8 Å². The molecule has 0 aromatic heterocycles. The van der Waals surface area contributed by atoms with Crippen molar-refractivity contribution in [2.45, 2.75) is 78.9 Å². The molecule has 0 spiro atoms. The predicted molar refractivity (Wildman–Crippen MR) is 130 cm³/mol. The molecule has 0 fully saturated rings. The van der Waals surface area contributed by atoms with Crippen LogP contribution in [0.5, 0.6) is 5.75 Å². The molecule has 0 radical (unpaired) electrons. The molecule has 2 rings (SSSR count). The monoisotopic (exact) mass is 479 g/mol. The Labute approximate surface area is 202 Å². The quantitative estimate of drug-likeness (QED) is 0.575. The maximum atomic E-state index is 13.3. The second-order valence-corrected chi connectivity index (χ2v) is 10.3. The zero-order valence-electron chi connectivity index (χ0n) is 20.5. The highest BCUT2D eigenvalue weighted by molar-refractivity contribution is 6.31. The molecule has 0 saturated carbocycles. The first-order valence-corrected chi connectivity index (χ1v) is 12.2. The van der Waals surface area contributed by atoms with Gasteiger partial charge in [-0.15, -0.1) is 0 Å². The lowest BCUT2D eigenvalue weighted by atomic mass is 9.96. The zero-order chi connectivity index (χ0) is 24.7. The van der Waals surface area contributed by atoms with E-state index in [0.29, 0.717) is 29.5 Å². The van der Waals surface area contributed by atoms with Gasteiger partial charge in [-0.1, -0.05) is 59.6 Å². The minimum atomic E-state index is -0.795. The number of halogens is 1. The first-order valence-electron chi connectivity index (χ1n) is 11.9. The molecule has 33 heavy (non-hydrogen) atoms. The van der Waals surface area contributed by atoms with Crippen LogP contribution in [0, 0.1) is 17.8 Å². The molecule has 1 heterocycles. The lowest BCUT2D eigenvalue weighted by Gasteiger charge is -2.29. The maximum absolute atomic E-state index is 13.3. The second-order valence-electron chi connectivity index (χ2n) is 9.81. The van der Waals surface area contributed by atoms with Crippen molar-refractivity contribution in [2.75, 3.05) is 6.61 Å². The van der Waals surface area contributed by atoms with Crippen LogP contribution >= 0.6 is 11.6 Å². The van der Waals surface area contributed by atoms with E-state index in [2.05, 4.69) is 29.8 Å². The molecule has 1 aromatic rings. The molecular formula is C25H38ClN3O4. The average Bonchev–Trinajstić information content (AvgIpc) is 2.74. The zero-order valence-corrected chi connectivity index (χ0v) is 21.3. The molecule has 1 aliphatic rings. The van der Waals surface area contributed by atoms with Crippen molar-refractivity contribution in [1.82, 2.24) is 16.0 Å². The summed E-state index contributed by atoms with van der Waals surface area (Å²) in [5.74, 6) is -0.300. The molecular weight excluding hydrogens is 442 g/mol. The predicted octanol–water partition coefficient (Wildman–Crippen LogP) is 3.94. The fourth-order valence-electron chi connectivity index (χ4n) is 3.92. The van der Waals surface area contributed by atoms with Gasteiger partial charge in [0.25, 0.3) is 5.91 Å². The molecule has 1 aliphatic heterocycles. The number of hydrogen-bond donors (Lipinski definition) is 3. The van der Waals surface area contributed by atoms with Crippen LogP contribution in [0.15, 0.2) is 18.2 Å². The van der Waals surface area contributed by atoms with Crippen molar-refractivity contribution < 1.29 is 19.1 Å². The molecule has 7 nitrogen and oxygen atoms in total. The molecule has 3 amide bonds. The summed E-state index contributed by atoms with van der Waals surface area (Å²) in [4.78, 5) is 39.7. The lowest BCUT2D eigenvalue weighted by Crippen LogP contribution is -2.57. The Bertz CT molecular complexity index is 843. The molecule has 8 heteroatoms. The van der Waals surface area contributed by atoms with Gasteiger partial charge >= 0.3 is 0 Å². The maximum Gasteiger partial charge on any atom is 0.255 e. The van der Waals surface area contributed by atoms with Crippen LogP contribution in [0.4, 0.5) is 0 Å². The van der Waals surface area contributed by atoms with Crippen molar-refractivity contribution in [3.63, 3.8) is 0 Å². The van der Waals surface area contributed by atoms with Crippen LogP contribution in [0.1, 0.15) is 71.2 Å². The number of benzene rings is 1. The molecule has 0 bridgehead atoms. The van der Waals surface area contributed by atoms with Gasteiger partial charge in [-0.25, -0.2) is 0 Å². The first kappa shape index (κ1) is 27.0. The molecule has 4 atom stereocenters. The van der Waals surface area contributed by atoms with E-state index in [4.69, 9.17) is 16.3 Å². The highest BCUT2D eigenvalue weighted by Gasteiger charge is 2.32. The van der Waals surface area contributed by atoms with E-state index in [1.165, 1.54) is 6.07 Å². The van der Waals surface area contributed by atoms with Crippen LogP contribution in [-0.4, -0.2) is 42.5 Å². The summed E-state index contributed by atoms with van der Waals surface area (Å²) in [6, 6.07) is 3.05. The first-order chi connectivity index (χ1) is 15.5. The number of carbonyl (C=O) groups excluding carboxylic acids is 3. The minimum absolute atomic E-state index is 0.0777. The summed E-state index contributed by atoms with van der Waals surface area (Å²) in [6.45, 7) is 12.2. The number of fused-ring (bicyclic) bond motifs is 1. The van der Waals surface area contributed by atoms with Gasteiger partial charge in [0, 0.05) is 5.02 Å². The molecule has 0 saturated heterocycles. The summed E-state index contributed by atoms with van der Waals surface area (Å²) >= 11 is 6.16. The van der Waals surface area contributed by atoms with Crippen molar-refractivity contribution >= 4 is 29.3 Å². The minimum Gasteiger partial charge on any atom is -0.491 e. The third kappa shape index (κ3) is 7.91. The van der Waals surface area contributed by atoms with Gasteiger partial charge in [0.15, 0.2) is 0 Å². The largest absolute Gasteiger partial charge is 0.491 e. The standard InChI is InChI=1S/C25H38ClN3O4/c1-7-16(6)22-25(32)27-18(10-14(2)3)13-33-21-9-8-17(26)12-19(21)23(30)28-20(11-15(4)5)24(31)29-22/h8-9,12,14-16,18,20,22H,7,10-11,13H2,1-6H3,(H,27,32)(H,28,30)(H,29,31)/t16-,18-,20-,22-/m0/s1. The van der Waals surface area contributed by atoms with E-state index in [1.54, 1.807) is 12.1 Å². The Kier molecular flexibility index (Phi) is 10.0. The van der Waals surface area contributed by atoms with Crippen molar-refractivity contribution in [1.29, 1.82) is 0 Å². The van der Waals surface area contributed by atoms with E-state index < -0.39 is 18.0 Å². The van der Waals surface area contributed by atoms with Crippen LogP contribution in [-0.2, 0) is 9.59 Å². The number of carbonyl (C=O) groups is 3. The lowest BCUT2D eigenvalue weighted by molar-refractivity contribution is -0.131. The van der Waals surface area contributed by atoms with Crippen molar-refractivity contribution in [3.8, 4) is 5.75 Å². The third-order valence-electron chi connectivity index (χ3n) is 5.85. The molecule has 0 unspecified atom stereocenters. The number of rotatable bonds is 6. The van der Waals surface area contributed by atoms with Gasteiger partial charge in [-0.2, -0.15) is 0 Å². The van der Waals surface area contributed by atoms with Gasteiger partial charge in [0.05, 0.1) is 11.6 Å².